The highest BCUT2D eigenvalue weighted by molar-refractivity contribution is 5.88. The number of hydrogen-bond donors (Lipinski definition) is 2. The van der Waals surface area contributed by atoms with Crippen molar-refractivity contribution in [2.75, 3.05) is 13.1 Å². The van der Waals surface area contributed by atoms with Gasteiger partial charge in [-0.3, -0.25) is 4.79 Å². The topological polar surface area (TPSA) is 60.0 Å². The normalized spacial score (nSPS) is 17.8. The van der Waals surface area contributed by atoms with Crippen LogP contribution in [0.4, 0.5) is 0 Å². The molecule has 0 aliphatic heterocycles. The van der Waals surface area contributed by atoms with Gasteiger partial charge >= 0.3 is 0 Å². The van der Waals surface area contributed by atoms with Gasteiger partial charge in [-0.1, -0.05) is 26.8 Å². The summed E-state index contributed by atoms with van der Waals surface area (Å²) in [6, 6.07) is 6.80. The van der Waals surface area contributed by atoms with E-state index in [1.165, 1.54) is 27.7 Å². The molecule has 24 heavy (non-hydrogen) atoms. The quantitative estimate of drug-likeness (QED) is 0.910. The van der Waals surface area contributed by atoms with Crippen molar-refractivity contribution in [3.63, 3.8) is 0 Å². The van der Waals surface area contributed by atoms with Gasteiger partial charge in [-0.25, -0.2) is 0 Å². The maximum atomic E-state index is 12.4. The van der Waals surface area contributed by atoms with Crippen molar-refractivity contribution in [3.8, 4) is 0 Å². The van der Waals surface area contributed by atoms with Crippen LogP contribution in [-0.4, -0.2) is 23.6 Å². The second-order valence-electron chi connectivity index (χ2n) is 7.99. The van der Waals surface area contributed by atoms with Gasteiger partial charge in [-0.05, 0) is 47.9 Å². The third kappa shape index (κ3) is 2.95. The van der Waals surface area contributed by atoms with E-state index in [9.17, 15) is 4.79 Å². The van der Waals surface area contributed by atoms with Gasteiger partial charge in [0.2, 0.25) is 5.91 Å². The SMILES string of the molecule is Cn1c2c(c3cc(C(C)(C)C)ccc31)CC(C(=O)NCCN)CC2. The first-order chi connectivity index (χ1) is 11.3. The lowest BCUT2D eigenvalue weighted by Gasteiger charge is -2.23. The van der Waals surface area contributed by atoms with Crippen LogP contribution in [0, 0.1) is 5.92 Å². The summed E-state index contributed by atoms with van der Waals surface area (Å²) in [7, 11) is 2.15. The van der Waals surface area contributed by atoms with Gasteiger partial charge in [0, 0.05) is 42.7 Å². The molecule has 1 unspecified atom stereocenters. The highest BCUT2D eigenvalue weighted by atomic mass is 16.1. The molecule has 4 heteroatoms. The van der Waals surface area contributed by atoms with E-state index in [0.717, 1.165) is 19.3 Å². The maximum Gasteiger partial charge on any atom is 0.223 e. The number of amides is 1. The van der Waals surface area contributed by atoms with Crippen molar-refractivity contribution in [2.24, 2.45) is 18.7 Å². The molecule has 1 amide bonds. The lowest BCUT2D eigenvalue weighted by molar-refractivity contribution is -0.125. The Morgan fingerprint density at radius 1 is 1.38 bits per heavy atom. The molecule has 3 rings (SSSR count). The van der Waals surface area contributed by atoms with Crippen molar-refractivity contribution < 1.29 is 4.79 Å². The monoisotopic (exact) mass is 327 g/mol. The van der Waals surface area contributed by atoms with Crippen LogP contribution in [0.1, 0.15) is 44.0 Å². The predicted octanol–water partition coefficient (Wildman–Crippen LogP) is 2.66. The average Bonchev–Trinajstić information content (AvgIpc) is 2.84. The number of aryl methyl sites for hydroxylation is 1. The number of hydrogen-bond acceptors (Lipinski definition) is 2. The van der Waals surface area contributed by atoms with E-state index in [1.807, 2.05) is 0 Å². The van der Waals surface area contributed by atoms with Crippen molar-refractivity contribution in [2.45, 2.75) is 45.4 Å². The van der Waals surface area contributed by atoms with Crippen LogP contribution in [0.5, 0.6) is 0 Å². The zero-order valence-electron chi connectivity index (χ0n) is 15.3. The fraction of sp³-hybridized carbons (Fsp3) is 0.550. The Kier molecular flexibility index (Phi) is 4.43. The second kappa shape index (κ2) is 6.25. The minimum Gasteiger partial charge on any atom is -0.355 e. The second-order valence-corrected chi connectivity index (χ2v) is 7.99. The summed E-state index contributed by atoms with van der Waals surface area (Å²) in [6.07, 6.45) is 2.71. The van der Waals surface area contributed by atoms with Crippen LogP contribution in [0.25, 0.3) is 10.9 Å². The summed E-state index contributed by atoms with van der Waals surface area (Å²) in [5.74, 6) is 0.211. The first-order valence-corrected chi connectivity index (χ1v) is 8.91. The number of aromatic nitrogens is 1. The number of nitrogens with two attached hydrogens (primary N) is 1. The highest BCUT2D eigenvalue weighted by Crippen LogP contribution is 2.36. The Morgan fingerprint density at radius 2 is 2.12 bits per heavy atom. The Balaban J connectivity index is 1.99. The largest absolute Gasteiger partial charge is 0.355 e. The van der Waals surface area contributed by atoms with Crippen molar-refractivity contribution in [1.29, 1.82) is 0 Å². The van der Waals surface area contributed by atoms with Gasteiger partial charge in [-0.15, -0.1) is 0 Å². The third-order valence-electron chi connectivity index (χ3n) is 5.30. The zero-order valence-corrected chi connectivity index (χ0v) is 15.3. The number of carbonyl (C=O) groups excluding carboxylic acids is 1. The van der Waals surface area contributed by atoms with E-state index in [4.69, 9.17) is 5.73 Å². The van der Waals surface area contributed by atoms with E-state index in [0.29, 0.717) is 13.1 Å². The molecule has 4 nitrogen and oxygen atoms in total. The fourth-order valence-corrected chi connectivity index (χ4v) is 3.81. The standard InChI is InChI=1S/C20H29N3O/c1-20(2,3)14-6-8-18-16(12-14)15-11-13(19(24)22-10-9-21)5-7-17(15)23(18)4/h6,8,12-13H,5,7,9-11,21H2,1-4H3,(H,22,24). The minimum absolute atomic E-state index is 0.0629. The summed E-state index contributed by atoms with van der Waals surface area (Å²) in [6.45, 7) is 7.78. The number of fused-ring (bicyclic) bond motifs is 3. The highest BCUT2D eigenvalue weighted by Gasteiger charge is 2.29. The molecule has 0 saturated carbocycles. The molecule has 1 aromatic heterocycles. The lowest BCUT2D eigenvalue weighted by atomic mass is 9.83. The number of nitrogens with zero attached hydrogens (tertiary/aromatic N) is 1. The molecular formula is C20H29N3O. The molecule has 1 heterocycles. The summed E-state index contributed by atoms with van der Waals surface area (Å²) in [5.41, 5.74) is 11.0. The van der Waals surface area contributed by atoms with E-state index < -0.39 is 0 Å². The van der Waals surface area contributed by atoms with E-state index in [-0.39, 0.29) is 17.2 Å². The van der Waals surface area contributed by atoms with Gasteiger partial charge < -0.3 is 15.6 Å². The van der Waals surface area contributed by atoms with E-state index >= 15 is 0 Å². The Labute approximate surface area is 144 Å². The molecule has 0 radical (unpaired) electrons. The molecule has 1 aromatic carbocycles. The summed E-state index contributed by atoms with van der Waals surface area (Å²) >= 11 is 0. The summed E-state index contributed by atoms with van der Waals surface area (Å²) in [5, 5.41) is 4.27. The smallest absolute Gasteiger partial charge is 0.223 e. The van der Waals surface area contributed by atoms with Crippen LogP contribution in [0.2, 0.25) is 0 Å². The van der Waals surface area contributed by atoms with Crippen molar-refractivity contribution in [1.82, 2.24) is 9.88 Å². The van der Waals surface area contributed by atoms with Crippen LogP contribution in [-0.2, 0) is 30.1 Å². The molecule has 0 bridgehead atoms. The molecule has 0 fully saturated rings. The van der Waals surface area contributed by atoms with Crippen molar-refractivity contribution >= 4 is 16.8 Å². The number of carbonyl (C=O) groups is 1. The van der Waals surface area contributed by atoms with Gasteiger partial charge in [0.1, 0.15) is 0 Å². The number of rotatable bonds is 3. The maximum absolute atomic E-state index is 12.4. The Hall–Kier alpha value is -1.81. The molecule has 130 valence electrons. The molecule has 0 spiro atoms. The first kappa shape index (κ1) is 17.0. The fourth-order valence-electron chi connectivity index (χ4n) is 3.81. The predicted molar refractivity (Wildman–Crippen MR) is 99.2 cm³/mol. The molecule has 0 saturated heterocycles. The van der Waals surface area contributed by atoms with Gasteiger partial charge in [0.05, 0.1) is 0 Å². The minimum atomic E-state index is 0.0629. The lowest BCUT2D eigenvalue weighted by Crippen LogP contribution is -2.36. The van der Waals surface area contributed by atoms with Crippen LogP contribution < -0.4 is 11.1 Å². The molecule has 3 N–H and O–H groups in total. The van der Waals surface area contributed by atoms with Crippen LogP contribution in [0.15, 0.2) is 18.2 Å². The van der Waals surface area contributed by atoms with Crippen LogP contribution in [0.3, 0.4) is 0 Å². The molecule has 2 aromatic rings. The van der Waals surface area contributed by atoms with Crippen LogP contribution >= 0.6 is 0 Å². The Morgan fingerprint density at radius 3 is 2.79 bits per heavy atom. The number of benzene rings is 1. The van der Waals surface area contributed by atoms with Crippen molar-refractivity contribution in [3.05, 3.63) is 35.0 Å². The molecule has 1 aliphatic carbocycles. The molecule has 1 aliphatic rings. The summed E-state index contributed by atoms with van der Waals surface area (Å²) in [4.78, 5) is 12.4. The molecule has 1 atom stereocenters. The molecular weight excluding hydrogens is 298 g/mol. The average molecular weight is 327 g/mol. The van der Waals surface area contributed by atoms with Gasteiger partial charge in [-0.2, -0.15) is 0 Å². The Bertz CT molecular complexity index is 767. The van der Waals surface area contributed by atoms with E-state index in [1.54, 1.807) is 0 Å². The number of nitrogens with one attached hydrogen (secondary N) is 1. The summed E-state index contributed by atoms with van der Waals surface area (Å²) < 4.78 is 2.31. The van der Waals surface area contributed by atoms with E-state index in [2.05, 4.69) is 55.9 Å². The van der Waals surface area contributed by atoms with Gasteiger partial charge in [0.25, 0.3) is 0 Å². The third-order valence-corrected chi connectivity index (χ3v) is 5.30. The zero-order chi connectivity index (χ0) is 17.5. The van der Waals surface area contributed by atoms with Gasteiger partial charge in [0.15, 0.2) is 0 Å². The first-order valence-electron chi connectivity index (χ1n) is 8.91.